The minimum atomic E-state index is 0.485. The van der Waals surface area contributed by atoms with E-state index in [-0.39, 0.29) is 0 Å². The topological polar surface area (TPSA) is 24.5 Å². The Hall–Kier alpha value is -0.120. The molecule has 3 heteroatoms. The van der Waals surface area contributed by atoms with E-state index in [9.17, 15) is 0 Å². The highest BCUT2D eigenvalue weighted by molar-refractivity contribution is 4.80. The smallest absolute Gasteiger partial charge is 0.0589 e. The third-order valence-corrected chi connectivity index (χ3v) is 4.09. The van der Waals surface area contributed by atoms with Crippen molar-refractivity contribution in [3.8, 4) is 0 Å². The average Bonchev–Trinajstić information content (AvgIpc) is 2.34. The molecule has 3 atom stereocenters. The van der Waals surface area contributed by atoms with Crippen LogP contribution in [0.2, 0.25) is 0 Å². The minimum Gasteiger partial charge on any atom is -0.378 e. The van der Waals surface area contributed by atoms with Gasteiger partial charge in [-0.15, -0.1) is 0 Å². The number of hydrogen-bond donors (Lipinski definition) is 1. The predicted octanol–water partition coefficient (Wildman–Crippen LogP) is 2.90. The van der Waals surface area contributed by atoms with Crippen molar-refractivity contribution >= 4 is 0 Å². The van der Waals surface area contributed by atoms with Gasteiger partial charge in [-0.3, -0.25) is 0 Å². The third kappa shape index (κ3) is 6.73. The summed E-state index contributed by atoms with van der Waals surface area (Å²) in [6.45, 7) is 8.89. The van der Waals surface area contributed by atoms with Crippen molar-refractivity contribution in [2.24, 2.45) is 5.92 Å². The van der Waals surface area contributed by atoms with Crippen molar-refractivity contribution in [3.63, 3.8) is 0 Å². The van der Waals surface area contributed by atoms with Gasteiger partial charge in [-0.05, 0) is 45.7 Å². The van der Waals surface area contributed by atoms with Crippen LogP contribution in [0.5, 0.6) is 0 Å². The highest BCUT2D eigenvalue weighted by Gasteiger charge is 2.23. The van der Waals surface area contributed by atoms with Gasteiger partial charge in [-0.1, -0.05) is 27.2 Å². The van der Waals surface area contributed by atoms with Crippen LogP contribution in [0.4, 0.5) is 0 Å². The maximum Gasteiger partial charge on any atom is 0.0589 e. The van der Waals surface area contributed by atoms with E-state index in [0.29, 0.717) is 18.2 Å². The molecule has 19 heavy (non-hydrogen) atoms. The molecule has 114 valence electrons. The van der Waals surface area contributed by atoms with Crippen molar-refractivity contribution in [2.75, 3.05) is 27.2 Å². The number of ether oxygens (including phenoxy) is 1. The van der Waals surface area contributed by atoms with Crippen molar-refractivity contribution in [2.45, 2.75) is 71.1 Å². The van der Waals surface area contributed by atoms with Gasteiger partial charge in [0.1, 0.15) is 0 Å². The highest BCUT2D eigenvalue weighted by Crippen LogP contribution is 2.18. The molecule has 0 radical (unpaired) electrons. The molecule has 1 rings (SSSR count). The third-order valence-electron chi connectivity index (χ3n) is 4.09. The van der Waals surface area contributed by atoms with Crippen molar-refractivity contribution in [1.82, 2.24) is 10.2 Å². The van der Waals surface area contributed by atoms with Crippen molar-refractivity contribution < 1.29 is 4.74 Å². The molecule has 1 heterocycles. The normalized spacial score (nSPS) is 26.1. The van der Waals surface area contributed by atoms with E-state index in [2.05, 4.69) is 45.1 Å². The zero-order chi connectivity index (χ0) is 14.3. The second kappa shape index (κ2) is 8.93. The summed E-state index contributed by atoms with van der Waals surface area (Å²) in [5.41, 5.74) is 0. The van der Waals surface area contributed by atoms with Crippen LogP contribution in [0, 0.1) is 5.92 Å². The lowest BCUT2D eigenvalue weighted by molar-refractivity contribution is -0.00409. The molecule has 3 nitrogen and oxygen atoms in total. The first-order valence-electron chi connectivity index (χ1n) is 8.04. The Balaban J connectivity index is 2.32. The molecule has 0 aliphatic carbocycles. The van der Waals surface area contributed by atoms with Gasteiger partial charge in [0, 0.05) is 25.2 Å². The SMILES string of the molecule is CCCC1CC(NCC(CC(C)C)N(C)C)CCO1. The number of hydrogen-bond acceptors (Lipinski definition) is 3. The fraction of sp³-hybridized carbons (Fsp3) is 1.00. The van der Waals surface area contributed by atoms with Gasteiger partial charge in [0.15, 0.2) is 0 Å². The summed E-state index contributed by atoms with van der Waals surface area (Å²) >= 11 is 0. The molecule has 0 aromatic rings. The predicted molar refractivity (Wildman–Crippen MR) is 82.6 cm³/mol. The zero-order valence-corrected chi connectivity index (χ0v) is 13.6. The molecule has 1 saturated heterocycles. The Labute approximate surface area is 120 Å². The summed E-state index contributed by atoms with van der Waals surface area (Å²) in [6, 6.07) is 1.30. The van der Waals surface area contributed by atoms with Crippen LogP contribution in [-0.4, -0.2) is 50.3 Å². The van der Waals surface area contributed by atoms with E-state index in [1.807, 2.05) is 0 Å². The monoisotopic (exact) mass is 270 g/mol. The Morgan fingerprint density at radius 2 is 2.05 bits per heavy atom. The lowest BCUT2D eigenvalue weighted by Gasteiger charge is -2.33. The van der Waals surface area contributed by atoms with E-state index in [1.54, 1.807) is 0 Å². The van der Waals surface area contributed by atoms with Crippen LogP contribution in [0.25, 0.3) is 0 Å². The molecule has 1 aliphatic heterocycles. The lowest BCUT2D eigenvalue weighted by Crippen LogP contribution is -2.45. The number of nitrogens with one attached hydrogen (secondary N) is 1. The maximum absolute atomic E-state index is 5.82. The second-order valence-electron chi connectivity index (χ2n) is 6.66. The Bertz CT molecular complexity index is 229. The fourth-order valence-electron chi connectivity index (χ4n) is 2.91. The van der Waals surface area contributed by atoms with E-state index >= 15 is 0 Å². The molecule has 3 unspecified atom stereocenters. The highest BCUT2D eigenvalue weighted by atomic mass is 16.5. The van der Waals surface area contributed by atoms with Crippen LogP contribution in [0.3, 0.4) is 0 Å². The molecular formula is C16H34N2O. The van der Waals surface area contributed by atoms with E-state index in [0.717, 1.165) is 19.1 Å². The number of likely N-dealkylation sites (N-methyl/N-ethyl adjacent to an activating group) is 1. The first kappa shape index (κ1) is 16.9. The summed E-state index contributed by atoms with van der Waals surface area (Å²) in [7, 11) is 4.39. The fourth-order valence-corrected chi connectivity index (χ4v) is 2.91. The molecule has 0 aromatic heterocycles. The lowest BCUT2D eigenvalue weighted by atomic mass is 9.98. The van der Waals surface area contributed by atoms with E-state index in [4.69, 9.17) is 4.74 Å². The van der Waals surface area contributed by atoms with Crippen LogP contribution < -0.4 is 5.32 Å². The van der Waals surface area contributed by atoms with Crippen LogP contribution in [0.1, 0.15) is 52.9 Å². The molecule has 0 amide bonds. The molecule has 0 bridgehead atoms. The molecule has 1 fully saturated rings. The molecule has 0 aromatic carbocycles. The Kier molecular flexibility index (Phi) is 7.96. The first-order valence-corrected chi connectivity index (χ1v) is 8.04. The average molecular weight is 270 g/mol. The number of rotatable bonds is 8. The summed E-state index contributed by atoms with van der Waals surface area (Å²) in [6.07, 6.45) is 6.55. The largest absolute Gasteiger partial charge is 0.378 e. The van der Waals surface area contributed by atoms with Gasteiger partial charge in [-0.2, -0.15) is 0 Å². The quantitative estimate of drug-likeness (QED) is 0.734. The second-order valence-corrected chi connectivity index (χ2v) is 6.66. The van der Waals surface area contributed by atoms with E-state index in [1.165, 1.54) is 32.1 Å². The summed E-state index contributed by atoms with van der Waals surface area (Å²) in [5, 5.41) is 3.78. The Morgan fingerprint density at radius 1 is 1.32 bits per heavy atom. The van der Waals surface area contributed by atoms with Gasteiger partial charge < -0.3 is 15.0 Å². The van der Waals surface area contributed by atoms with Gasteiger partial charge in [0.05, 0.1) is 6.10 Å². The van der Waals surface area contributed by atoms with Gasteiger partial charge in [0.25, 0.3) is 0 Å². The van der Waals surface area contributed by atoms with Crippen LogP contribution in [-0.2, 0) is 4.74 Å². The zero-order valence-electron chi connectivity index (χ0n) is 13.6. The van der Waals surface area contributed by atoms with Gasteiger partial charge in [-0.25, -0.2) is 0 Å². The van der Waals surface area contributed by atoms with Gasteiger partial charge in [0.2, 0.25) is 0 Å². The maximum atomic E-state index is 5.82. The molecule has 0 spiro atoms. The number of nitrogens with zero attached hydrogens (tertiary/aromatic N) is 1. The standard InChI is InChI=1S/C16H34N2O/c1-6-7-16-11-14(8-9-19-16)17-12-15(18(4)5)10-13(2)3/h13-17H,6-12H2,1-5H3. The summed E-state index contributed by atoms with van der Waals surface area (Å²) in [4.78, 5) is 2.36. The van der Waals surface area contributed by atoms with Crippen molar-refractivity contribution in [3.05, 3.63) is 0 Å². The van der Waals surface area contributed by atoms with E-state index < -0.39 is 0 Å². The summed E-state index contributed by atoms with van der Waals surface area (Å²) < 4.78 is 5.82. The van der Waals surface area contributed by atoms with Crippen molar-refractivity contribution in [1.29, 1.82) is 0 Å². The first-order chi connectivity index (χ1) is 9.02. The summed E-state index contributed by atoms with van der Waals surface area (Å²) in [5.74, 6) is 0.761. The van der Waals surface area contributed by atoms with Crippen LogP contribution >= 0.6 is 0 Å². The molecule has 1 aliphatic rings. The Morgan fingerprint density at radius 3 is 2.63 bits per heavy atom. The molecule has 0 saturated carbocycles. The minimum absolute atomic E-state index is 0.485. The van der Waals surface area contributed by atoms with Crippen LogP contribution in [0.15, 0.2) is 0 Å². The molecular weight excluding hydrogens is 236 g/mol. The van der Waals surface area contributed by atoms with Gasteiger partial charge >= 0.3 is 0 Å². The molecule has 1 N–H and O–H groups in total.